The molecule has 0 spiro atoms. The van der Waals surface area contributed by atoms with Gasteiger partial charge < -0.3 is 9.63 Å². The molecule has 2 aliphatic rings. The molecular weight excluding hydrogens is 327 g/mol. The number of halogens is 1. The average molecular weight is 346 g/mol. The van der Waals surface area contributed by atoms with E-state index in [-0.39, 0.29) is 11.7 Å². The third-order valence-electron chi connectivity index (χ3n) is 4.86. The number of rotatable bonds is 4. The summed E-state index contributed by atoms with van der Waals surface area (Å²) < 4.78 is 19.0. The van der Waals surface area contributed by atoms with Crippen molar-refractivity contribution in [2.45, 2.75) is 19.0 Å². The molecule has 3 N–H and O–H groups in total. The van der Waals surface area contributed by atoms with Crippen molar-refractivity contribution in [3.63, 3.8) is 0 Å². The lowest BCUT2D eigenvalue weighted by molar-refractivity contribution is -0.140. The first-order valence-electron chi connectivity index (χ1n) is 8.28. The molecule has 1 fully saturated rings. The van der Waals surface area contributed by atoms with Gasteiger partial charge in [-0.1, -0.05) is 17.3 Å². The Morgan fingerprint density at radius 1 is 1.48 bits per heavy atom. The summed E-state index contributed by atoms with van der Waals surface area (Å²) in [5.41, 5.74) is 8.04. The molecule has 7 nitrogen and oxygen atoms in total. The van der Waals surface area contributed by atoms with Crippen LogP contribution >= 0.6 is 0 Å². The number of carboxylic acids is 1. The summed E-state index contributed by atoms with van der Waals surface area (Å²) in [4.78, 5) is 13.5. The number of aromatic nitrogens is 1. The normalized spacial score (nSPS) is 23.6. The number of nitrogens with one attached hydrogen (secondary N) is 2. The lowest BCUT2D eigenvalue weighted by Gasteiger charge is -2.29. The molecule has 1 aromatic carbocycles. The van der Waals surface area contributed by atoms with E-state index in [9.17, 15) is 14.3 Å². The minimum atomic E-state index is -0.849. The van der Waals surface area contributed by atoms with Crippen LogP contribution in [0.25, 0.3) is 11.3 Å². The van der Waals surface area contributed by atoms with E-state index in [2.05, 4.69) is 20.9 Å². The summed E-state index contributed by atoms with van der Waals surface area (Å²) in [6.07, 6.45) is 0.711. The standard InChI is InChI=1S/C17H19FN4O3/c18-12-3-1-2-10(6-12)15-13-9-22(5-4-14(13)25-21-15)8-11-7-19-20-16(11)17(23)24/h1-3,6,11,16,19-20H,4-5,7-9H2,(H,23,24). The van der Waals surface area contributed by atoms with Crippen LogP contribution in [-0.2, 0) is 17.8 Å². The Hall–Kier alpha value is -2.29. The number of carbonyl (C=O) groups is 1. The van der Waals surface area contributed by atoms with E-state index in [1.165, 1.54) is 12.1 Å². The van der Waals surface area contributed by atoms with E-state index in [1.807, 2.05) is 6.07 Å². The number of hydrogen-bond acceptors (Lipinski definition) is 6. The van der Waals surface area contributed by atoms with E-state index >= 15 is 0 Å². The van der Waals surface area contributed by atoms with Crippen molar-refractivity contribution >= 4 is 5.97 Å². The summed E-state index contributed by atoms with van der Waals surface area (Å²) in [5, 5.41) is 13.4. The first kappa shape index (κ1) is 16.2. The highest BCUT2D eigenvalue weighted by molar-refractivity contribution is 5.74. The number of benzene rings is 1. The highest BCUT2D eigenvalue weighted by Crippen LogP contribution is 2.30. The predicted octanol–water partition coefficient (Wildman–Crippen LogP) is 1.02. The Balaban J connectivity index is 1.53. The van der Waals surface area contributed by atoms with E-state index in [4.69, 9.17) is 4.52 Å². The Morgan fingerprint density at radius 2 is 2.36 bits per heavy atom. The number of carboxylic acid groups (broad SMARTS) is 1. The molecule has 0 saturated carbocycles. The number of hydrogen-bond donors (Lipinski definition) is 3. The van der Waals surface area contributed by atoms with Crippen molar-refractivity contribution in [1.82, 2.24) is 20.9 Å². The maximum atomic E-state index is 13.5. The van der Waals surface area contributed by atoms with Crippen LogP contribution in [-0.4, -0.2) is 46.8 Å². The number of aliphatic carboxylic acids is 1. The molecule has 0 radical (unpaired) electrons. The molecule has 1 aromatic heterocycles. The van der Waals surface area contributed by atoms with E-state index in [1.54, 1.807) is 6.07 Å². The SMILES string of the molecule is O=C(O)C1NNCC1CN1CCc2onc(-c3cccc(F)c3)c2C1. The maximum absolute atomic E-state index is 13.5. The van der Waals surface area contributed by atoms with Gasteiger partial charge in [0, 0.05) is 49.6 Å². The Bertz CT molecular complexity index is 794. The number of fused-ring (bicyclic) bond motifs is 1. The molecule has 2 unspecified atom stereocenters. The summed E-state index contributed by atoms with van der Waals surface area (Å²) in [6.45, 7) is 2.67. The third-order valence-corrected chi connectivity index (χ3v) is 4.86. The van der Waals surface area contributed by atoms with E-state index in [0.717, 1.165) is 17.9 Å². The summed E-state index contributed by atoms with van der Waals surface area (Å²) >= 11 is 0. The molecule has 3 heterocycles. The first-order valence-corrected chi connectivity index (χ1v) is 8.28. The minimum Gasteiger partial charge on any atom is -0.480 e. The van der Waals surface area contributed by atoms with Crippen LogP contribution in [0.15, 0.2) is 28.8 Å². The zero-order chi connectivity index (χ0) is 17.4. The highest BCUT2D eigenvalue weighted by Gasteiger charge is 2.35. The van der Waals surface area contributed by atoms with Crippen LogP contribution in [0.2, 0.25) is 0 Å². The zero-order valence-electron chi connectivity index (χ0n) is 13.5. The van der Waals surface area contributed by atoms with Crippen molar-refractivity contribution in [3.05, 3.63) is 41.4 Å². The second-order valence-corrected chi connectivity index (χ2v) is 6.53. The van der Waals surface area contributed by atoms with Gasteiger partial charge in [-0.25, -0.2) is 9.82 Å². The Morgan fingerprint density at radius 3 is 3.16 bits per heavy atom. The van der Waals surface area contributed by atoms with Crippen LogP contribution < -0.4 is 10.9 Å². The maximum Gasteiger partial charge on any atom is 0.322 e. The monoisotopic (exact) mass is 346 g/mol. The lowest BCUT2D eigenvalue weighted by atomic mass is 9.97. The van der Waals surface area contributed by atoms with Crippen LogP contribution in [0, 0.1) is 11.7 Å². The third kappa shape index (κ3) is 3.15. The molecular formula is C17H19FN4O3. The molecule has 2 aromatic rings. The van der Waals surface area contributed by atoms with Gasteiger partial charge in [-0.05, 0) is 12.1 Å². The van der Waals surface area contributed by atoms with Crippen molar-refractivity contribution in [2.24, 2.45) is 5.92 Å². The average Bonchev–Trinajstić information content (AvgIpc) is 3.21. The highest BCUT2D eigenvalue weighted by atomic mass is 19.1. The summed E-state index contributed by atoms with van der Waals surface area (Å²) in [6, 6.07) is 5.72. The van der Waals surface area contributed by atoms with Gasteiger partial charge in [0.25, 0.3) is 0 Å². The van der Waals surface area contributed by atoms with Gasteiger partial charge in [0.15, 0.2) is 0 Å². The fourth-order valence-electron chi connectivity index (χ4n) is 3.58. The number of nitrogens with zero attached hydrogens (tertiary/aromatic N) is 2. The Labute approximate surface area is 143 Å². The van der Waals surface area contributed by atoms with Gasteiger partial charge >= 0.3 is 5.97 Å². The van der Waals surface area contributed by atoms with Gasteiger partial charge in [-0.15, -0.1) is 0 Å². The predicted molar refractivity (Wildman–Crippen MR) is 86.9 cm³/mol. The largest absolute Gasteiger partial charge is 0.480 e. The second kappa shape index (κ2) is 6.55. The molecule has 0 amide bonds. The fraction of sp³-hybridized carbons (Fsp3) is 0.412. The van der Waals surface area contributed by atoms with Gasteiger partial charge in [0.2, 0.25) is 0 Å². The molecule has 0 aliphatic carbocycles. The van der Waals surface area contributed by atoms with Crippen molar-refractivity contribution in [1.29, 1.82) is 0 Å². The van der Waals surface area contributed by atoms with Crippen LogP contribution in [0.5, 0.6) is 0 Å². The van der Waals surface area contributed by atoms with Gasteiger partial charge in [-0.2, -0.15) is 0 Å². The molecule has 132 valence electrons. The summed E-state index contributed by atoms with van der Waals surface area (Å²) in [5.74, 6) is -0.350. The van der Waals surface area contributed by atoms with Gasteiger partial charge in [-0.3, -0.25) is 15.1 Å². The molecule has 8 heteroatoms. The topological polar surface area (TPSA) is 90.6 Å². The lowest BCUT2D eigenvalue weighted by Crippen LogP contribution is -2.43. The number of hydrazine groups is 1. The molecule has 2 aliphatic heterocycles. The van der Waals surface area contributed by atoms with Gasteiger partial charge in [0.1, 0.15) is 23.3 Å². The van der Waals surface area contributed by atoms with Crippen molar-refractivity contribution in [3.8, 4) is 11.3 Å². The molecule has 0 bridgehead atoms. The smallest absolute Gasteiger partial charge is 0.322 e. The molecule has 25 heavy (non-hydrogen) atoms. The van der Waals surface area contributed by atoms with Crippen LogP contribution in [0.4, 0.5) is 4.39 Å². The Kier molecular flexibility index (Phi) is 4.24. The van der Waals surface area contributed by atoms with E-state index < -0.39 is 12.0 Å². The first-order chi connectivity index (χ1) is 12.1. The zero-order valence-corrected chi connectivity index (χ0v) is 13.5. The van der Waals surface area contributed by atoms with Crippen molar-refractivity contribution in [2.75, 3.05) is 19.6 Å². The molecule has 4 rings (SSSR count). The van der Waals surface area contributed by atoms with Gasteiger partial charge in [0.05, 0.1) is 0 Å². The minimum absolute atomic E-state index is 0.0171. The van der Waals surface area contributed by atoms with Crippen LogP contribution in [0.1, 0.15) is 11.3 Å². The van der Waals surface area contributed by atoms with Crippen LogP contribution in [0.3, 0.4) is 0 Å². The molecule has 2 atom stereocenters. The quantitative estimate of drug-likeness (QED) is 0.761. The van der Waals surface area contributed by atoms with E-state index in [0.29, 0.717) is 37.3 Å². The summed E-state index contributed by atoms with van der Waals surface area (Å²) in [7, 11) is 0. The molecule has 1 saturated heterocycles. The fourth-order valence-corrected chi connectivity index (χ4v) is 3.58. The van der Waals surface area contributed by atoms with Crippen molar-refractivity contribution < 1.29 is 18.8 Å². The second-order valence-electron chi connectivity index (χ2n) is 6.53.